The Morgan fingerprint density at radius 2 is 2.33 bits per heavy atom. The number of alkyl carbamates (subject to hydrolysis) is 1. The van der Waals surface area contributed by atoms with E-state index in [0.717, 1.165) is 0 Å². The number of nitrogens with one attached hydrogen (secondary N) is 1. The van der Waals surface area contributed by atoms with Crippen molar-refractivity contribution in [3.05, 3.63) is 0 Å². The van der Waals surface area contributed by atoms with Crippen LogP contribution in [-0.4, -0.2) is 39.0 Å². The third kappa shape index (κ3) is 4.92. The van der Waals surface area contributed by atoms with E-state index in [2.05, 4.69) is 10.1 Å². The van der Waals surface area contributed by atoms with Crippen molar-refractivity contribution in [1.29, 1.82) is 0 Å². The Balaban J connectivity index is 3.61. The van der Waals surface area contributed by atoms with Gasteiger partial charge in [-0.05, 0) is 6.92 Å². The normalized spacial score (nSPS) is 12.2. The minimum absolute atomic E-state index is 0.172. The predicted octanol–water partition coefficient (Wildman–Crippen LogP) is -0.294. The number of rotatable bonds is 5. The van der Waals surface area contributed by atoms with E-state index in [0.29, 0.717) is 19.8 Å². The van der Waals surface area contributed by atoms with Crippen LogP contribution in [0.3, 0.4) is 0 Å². The van der Waals surface area contributed by atoms with Gasteiger partial charge < -0.3 is 20.5 Å². The second kappa shape index (κ2) is 6.87. The van der Waals surface area contributed by atoms with Crippen LogP contribution in [0.5, 0.6) is 0 Å². The van der Waals surface area contributed by atoms with Crippen LogP contribution >= 0.6 is 0 Å². The summed E-state index contributed by atoms with van der Waals surface area (Å²) in [5.74, 6) is 0. The number of carbonyl (C=O) groups is 1. The number of ether oxygens (including phenoxy) is 2. The minimum atomic E-state index is -0.454. The van der Waals surface area contributed by atoms with Gasteiger partial charge in [0.2, 0.25) is 0 Å². The Morgan fingerprint density at radius 3 is 2.75 bits per heavy atom. The number of hydrogen-bond acceptors (Lipinski definition) is 4. The van der Waals surface area contributed by atoms with Gasteiger partial charge in [-0.2, -0.15) is 0 Å². The summed E-state index contributed by atoms with van der Waals surface area (Å²) in [7, 11) is 1.55. The van der Waals surface area contributed by atoms with E-state index in [1.807, 2.05) is 0 Å². The summed E-state index contributed by atoms with van der Waals surface area (Å²) in [5, 5.41) is 2.56. The molecule has 1 atom stereocenters. The van der Waals surface area contributed by atoms with Crippen LogP contribution in [0.1, 0.15) is 6.92 Å². The Hall–Kier alpha value is -0.810. The molecule has 0 aromatic rings. The predicted molar refractivity (Wildman–Crippen MR) is 44.9 cm³/mol. The third-order valence-electron chi connectivity index (χ3n) is 1.25. The lowest BCUT2D eigenvalue weighted by atomic mass is 10.3. The molecule has 1 amide bonds. The van der Waals surface area contributed by atoms with Gasteiger partial charge in [-0.25, -0.2) is 4.79 Å². The molecule has 0 aliphatic carbocycles. The van der Waals surface area contributed by atoms with Crippen molar-refractivity contribution < 1.29 is 14.3 Å². The van der Waals surface area contributed by atoms with E-state index in [1.165, 1.54) is 0 Å². The standard InChI is InChI=1S/C7H16N2O3/c1-3-12-7(10)9-6(4-8)5-11-2/h6H,3-5,8H2,1-2H3,(H,9,10). The molecule has 0 bridgehead atoms. The zero-order valence-corrected chi connectivity index (χ0v) is 7.50. The second-order valence-corrected chi connectivity index (χ2v) is 2.25. The fraction of sp³-hybridized carbons (Fsp3) is 0.857. The van der Waals surface area contributed by atoms with Gasteiger partial charge in [0.15, 0.2) is 0 Å². The van der Waals surface area contributed by atoms with Crippen LogP contribution in [-0.2, 0) is 9.47 Å². The van der Waals surface area contributed by atoms with Crippen LogP contribution in [0.15, 0.2) is 0 Å². The molecule has 72 valence electrons. The maximum absolute atomic E-state index is 10.8. The lowest BCUT2D eigenvalue weighted by Gasteiger charge is -2.14. The van der Waals surface area contributed by atoms with Gasteiger partial charge in [0.1, 0.15) is 0 Å². The molecule has 5 heteroatoms. The molecule has 0 aliphatic rings. The first-order valence-electron chi connectivity index (χ1n) is 3.86. The summed E-state index contributed by atoms with van der Waals surface area (Å²) >= 11 is 0. The first kappa shape index (κ1) is 11.2. The van der Waals surface area contributed by atoms with Crippen LogP contribution in [0.2, 0.25) is 0 Å². The fourth-order valence-corrected chi connectivity index (χ4v) is 0.709. The molecule has 0 radical (unpaired) electrons. The van der Waals surface area contributed by atoms with Gasteiger partial charge >= 0.3 is 6.09 Å². The van der Waals surface area contributed by atoms with Crippen molar-refractivity contribution in [1.82, 2.24) is 5.32 Å². The molecular formula is C7H16N2O3. The van der Waals surface area contributed by atoms with E-state index >= 15 is 0 Å². The zero-order valence-electron chi connectivity index (χ0n) is 7.50. The Morgan fingerprint density at radius 1 is 1.67 bits per heavy atom. The van der Waals surface area contributed by atoms with Crippen LogP contribution < -0.4 is 11.1 Å². The first-order valence-corrected chi connectivity index (χ1v) is 3.86. The molecule has 5 nitrogen and oxygen atoms in total. The Kier molecular flexibility index (Phi) is 6.41. The summed E-state index contributed by atoms with van der Waals surface area (Å²) in [4.78, 5) is 10.8. The van der Waals surface area contributed by atoms with Gasteiger partial charge in [-0.3, -0.25) is 0 Å². The second-order valence-electron chi connectivity index (χ2n) is 2.25. The van der Waals surface area contributed by atoms with Crippen LogP contribution in [0, 0.1) is 0 Å². The van der Waals surface area contributed by atoms with Crippen molar-refractivity contribution in [2.75, 3.05) is 26.9 Å². The fourth-order valence-electron chi connectivity index (χ4n) is 0.709. The van der Waals surface area contributed by atoms with Crippen molar-refractivity contribution >= 4 is 6.09 Å². The Bertz CT molecular complexity index is 130. The highest BCUT2D eigenvalue weighted by Crippen LogP contribution is 1.84. The van der Waals surface area contributed by atoms with E-state index in [4.69, 9.17) is 10.5 Å². The first-order chi connectivity index (χ1) is 5.74. The molecule has 0 fully saturated rings. The topological polar surface area (TPSA) is 73.6 Å². The molecule has 0 aliphatic heterocycles. The highest BCUT2D eigenvalue weighted by atomic mass is 16.5. The van der Waals surface area contributed by atoms with Gasteiger partial charge in [-0.1, -0.05) is 0 Å². The number of methoxy groups -OCH3 is 1. The molecule has 3 N–H and O–H groups in total. The molecular weight excluding hydrogens is 160 g/mol. The summed E-state index contributed by atoms with van der Waals surface area (Å²) in [6.07, 6.45) is -0.454. The zero-order chi connectivity index (χ0) is 9.40. The molecule has 0 aromatic carbocycles. The average Bonchev–Trinajstić information content (AvgIpc) is 2.04. The largest absolute Gasteiger partial charge is 0.450 e. The number of hydrogen-bond donors (Lipinski definition) is 2. The monoisotopic (exact) mass is 176 g/mol. The summed E-state index contributed by atoms with van der Waals surface area (Å²) in [6, 6.07) is -0.172. The van der Waals surface area contributed by atoms with E-state index in [9.17, 15) is 4.79 Å². The van der Waals surface area contributed by atoms with Crippen molar-refractivity contribution in [3.8, 4) is 0 Å². The molecule has 0 heterocycles. The third-order valence-corrected chi connectivity index (χ3v) is 1.25. The summed E-state index contributed by atoms with van der Waals surface area (Å²) in [5.41, 5.74) is 5.35. The van der Waals surface area contributed by atoms with Gasteiger partial charge in [-0.15, -0.1) is 0 Å². The molecule has 0 saturated heterocycles. The quantitative estimate of drug-likeness (QED) is 0.603. The molecule has 0 rings (SSSR count). The van der Waals surface area contributed by atoms with E-state index in [-0.39, 0.29) is 6.04 Å². The highest BCUT2D eigenvalue weighted by molar-refractivity contribution is 5.67. The van der Waals surface area contributed by atoms with Gasteiger partial charge in [0.05, 0.1) is 19.3 Å². The summed E-state index contributed by atoms with van der Waals surface area (Å²) in [6.45, 7) is 2.84. The molecule has 0 spiro atoms. The highest BCUT2D eigenvalue weighted by Gasteiger charge is 2.09. The van der Waals surface area contributed by atoms with Gasteiger partial charge in [0.25, 0.3) is 0 Å². The molecule has 0 aromatic heterocycles. The molecule has 12 heavy (non-hydrogen) atoms. The van der Waals surface area contributed by atoms with Crippen molar-refractivity contribution in [2.24, 2.45) is 5.73 Å². The van der Waals surface area contributed by atoms with E-state index < -0.39 is 6.09 Å². The van der Waals surface area contributed by atoms with Crippen LogP contribution in [0.4, 0.5) is 4.79 Å². The SMILES string of the molecule is CCOC(=O)NC(CN)COC. The number of carbonyl (C=O) groups excluding carboxylic acids is 1. The maximum Gasteiger partial charge on any atom is 0.407 e. The lowest BCUT2D eigenvalue weighted by Crippen LogP contribution is -2.43. The van der Waals surface area contributed by atoms with Gasteiger partial charge in [0, 0.05) is 13.7 Å². The number of amides is 1. The van der Waals surface area contributed by atoms with Crippen molar-refractivity contribution in [2.45, 2.75) is 13.0 Å². The van der Waals surface area contributed by atoms with Crippen LogP contribution in [0.25, 0.3) is 0 Å². The lowest BCUT2D eigenvalue weighted by molar-refractivity contribution is 0.130. The maximum atomic E-state index is 10.8. The summed E-state index contributed by atoms with van der Waals surface area (Å²) < 4.78 is 9.48. The molecule has 0 saturated carbocycles. The number of nitrogens with two attached hydrogens (primary N) is 1. The van der Waals surface area contributed by atoms with E-state index in [1.54, 1.807) is 14.0 Å². The van der Waals surface area contributed by atoms with Crippen molar-refractivity contribution in [3.63, 3.8) is 0 Å². The Labute approximate surface area is 72.2 Å². The molecule has 1 unspecified atom stereocenters. The minimum Gasteiger partial charge on any atom is -0.450 e. The average molecular weight is 176 g/mol. The smallest absolute Gasteiger partial charge is 0.407 e.